The Labute approximate surface area is 215 Å². The molecule has 2 amide bonds. The Morgan fingerprint density at radius 2 is 1.37 bits per heavy atom. The number of quaternary nitrogens is 1. The molecule has 35 heavy (non-hydrogen) atoms. The van der Waals surface area contributed by atoms with Gasteiger partial charge >= 0.3 is 0 Å². The van der Waals surface area contributed by atoms with Crippen LogP contribution in [0.3, 0.4) is 0 Å². The molecule has 0 saturated carbocycles. The number of carbonyl (C=O) groups is 2. The van der Waals surface area contributed by atoms with Gasteiger partial charge in [0.15, 0.2) is 0 Å². The molecule has 5 rings (SSSR count). The summed E-state index contributed by atoms with van der Waals surface area (Å²) in [6.45, 7) is 4.70. The lowest BCUT2D eigenvalue weighted by atomic mass is 9.96. The predicted octanol–water partition coefficient (Wildman–Crippen LogP) is 3.96. The van der Waals surface area contributed by atoms with Crippen LogP contribution in [0.2, 0.25) is 5.02 Å². The fourth-order valence-corrected chi connectivity index (χ4v) is 5.52. The molecule has 1 fully saturated rings. The average Bonchev–Trinajstić information content (AvgIpc) is 3.10. The molecule has 0 atom stereocenters. The summed E-state index contributed by atoms with van der Waals surface area (Å²) in [5.41, 5.74) is 4.05. The van der Waals surface area contributed by atoms with Crippen molar-refractivity contribution in [2.24, 2.45) is 0 Å². The van der Waals surface area contributed by atoms with Crippen molar-refractivity contribution in [2.45, 2.75) is 13.0 Å². The van der Waals surface area contributed by atoms with Gasteiger partial charge < -0.3 is 9.80 Å². The fraction of sp³-hybridized carbons (Fsp3) is 0.214. The van der Waals surface area contributed by atoms with E-state index in [-0.39, 0.29) is 16.8 Å². The van der Waals surface area contributed by atoms with E-state index >= 15 is 0 Å². The normalized spacial score (nSPS) is 17.1. The van der Waals surface area contributed by atoms with Crippen molar-refractivity contribution in [3.05, 3.63) is 111 Å². The van der Waals surface area contributed by atoms with Gasteiger partial charge in [-0.05, 0) is 24.6 Å². The van der Waals surface area contributed by atoms with Crippen molar-refractivity contribution in [1.82, 2.24) is 4.90 Å². The number of amides is 2. The maximum absolute atomic E-state index is 13.4. The molecule has 1 N–H and O–H groups in total. The summed E-state index contributed by atoms with van der Waals surface area (Å²) >= 11 is 12.6. The first-order valence-electron chi connectivity index (χ1n) is 11.7. The maximum atomic E-state index is 13.4. The number of hydrogen-bond donors (Lipinski definition) is 1. The summed E-state index contributed by atoms with van der Waals surface area (Å²) in [6.07, 6.45) is 0. The molecule has 0 spiro atoms. The van der Waals surface area contributed by atoms with E-state index < -0.39 is 11.8 Å². The van der Waals surface area contributed by atoms with Crippen LogP contribution in [0.1, 0.15) is 22.7 Å². The molecular weight excluding hydrogens is 481 g/mol. The Bertz CT molecular complexity index is 1250. The number of nitrogens with one attached hydrogen (secondary N) is 1. The highest BCUT2D eigenvalue weighted by Crippen LogP contribution is 2.34. The van der Waals surface area contributed by atoms with E-state index in [1.807, 2.05) is 24.0 Å². The van der Waals surface area contributed by atoms with Crippen LogP contribution in [-0.4, -0.2) is 42.9 Å². The largest absolute Gasteiger partial charge is 0.354 e. The lowest BCUT2D eigenvalue weighted by Gasteiger charge is -2.38. The van der Waals surface area contributed by atoms with Crippen molar-refractivity contribution >= 4 is 40.7 Å². The van der Waals surface area contributed by atoms with Gasteiger partial charge in [-0.2, -0.15) is 0 Å². The second-order valence-corrected chi connectivity index (χ2v) is 9.75. The van der Waals surface area contributed by atoms with E-state index in [1.54, 1.807) is 18.2 Å². The fourth-order valence-electron chi connectivity index (χ4n) is 5.07. The summed E-state index contributed by atoms with van der Waals surface area (Å²) in [7, 11) is 0. The molecule has 0 radical (unpaired) electrons. The first-order valence-corrected chi connectivity index (χ1v) is 12.5. The van der Waals surface area contributed by atoms with Crippen molar-refractivity contribution in [2.75, 3.05) is 31.1 Å². The number of rotatable bonds is 5. The van der Waals surface area contributed by atoms with Gasteiger partial charge in [0, 0.05) is 16.1 Å². The molecule has 0 aliphatic carbocycles. The molecule has 7 heteroatoms. The number of hydrogen-bond acceptors (Lipinski definition) is 3. The van der Waals surface area contributed by atoms with Gasteiger partial charge in [-0.1, -0.05) is 89.9 Å². The number of aryl methyl sites for hydroxylation is 1. The first kappa shape index (κ1) is 23.6. The van der Waals surface area contributed by atoms with Gasteiger partial charge in [-0.25, -0.2) is 4.90 Å². The number of halogens is 2. The second-order valence-electron chi connectivity index (χ2n) is 8.94. The molecular formula is C28H26Cl2N3O2+. The molecule has 178 valence electrons. The van der Waals surface area contributed by atoms with E-state index in [1.165, 1.54) is 16.0 Å². The van der Waals surface area contributed by atoms with E-state index in [2.05, 4.69) is 48.5 Å². The molecule has 0 bridgehead atoms. The zero-order chi connectivity index (χ0) is 24.5. The summed E-state index contributed by atoms with van der Waals surface area (Å²) in [5, 5.41) is 0.432. The molecule has 2 heterocycles. The van der Waals surface area contributed by atoms with Gasteiger partial charge in [0.2, 0.25) is 0 Å². The number of anilines is 1. The van der Waals surface area contributed by atoms with Crippen LogP contribution in [0.5, 0.6) is 0 Å². The minimum Gasteiger partial charge on any atom is -0.354 e. The molecule has 0 unspecified atom stereocenters. The predicted molar refractivity (Wildman–Crippen MR) is 139 cm³/mol. The zero-order valence-electron chi connectivity index (χ0n) is 19.4. The Morgan fingerprint density at radius 3 is 1.94 bits per heavy atom. The number of carbonyl (C=O) groups excluding carboxylic acids is 2. The van der Waals surface area contributed by atoms with Crippen LogP contribution in [0, 0.1) is 6.92 Å². The minimum absolute atomic E-state index is 0.0273. The molecule has 3 aromatic rings. The smallest absolute Gasteiger partial charge is 0.283 e. The van der Waals surface area contributed by atoms with Crippen LogP contribution >= 0.6 is 23.2 Å². The Balaban J connectivity index is 1.37. The third-order valence-electron chi connectivity index (χ3n) is 6.81. The highest BCUT2D eigenvalue weighted by atomic mass is 35.5. The number of benzene rings is 3. The zero-order valence-corrected chi connectivity index (χ0v) is 20.9. The number of nitrogens with zero attached hydrogens (tertiary/aromatic N) is 2. The quantitative estimate of drug-likeness (QED) is 0.532. The van der Waals surface area contributed by atoms with Gasteiger partial charge in [-0.15, -0.1) is 0 Å². The molecule has 3 aromatic carbocycles. The average molecular weight is 507 g/mol. The van der Waals surface area contributed by atoms with Crippen LogP contribution in [0.25, 0.3) is 0 Å². The number of piperazine rings is 1. The second kappa shape index (κ2) is 9.86. The number of imide groups is 1. The Morgan fingerprint density at radius 1 is 0.800 bits per heavy atom. The van der Waals surface area contributed by atoms with Crippen molar-refractivity contribution in [3.63, 3.8) is 0 Å². The van der Waals surface area contributed by atoms with Crippen LogP contribution in [0.15, 0.2) is 89.6 Å². The van der Waals surface area contributed by atoms with E-state index in [4.69, 9.17) is 23.2 Å². The minimum atomic E-state index is -0.502. The molecule has 1 saturated heterocycles. The monoisotopic (exact) mass is 506 g/mol. The van der Waals surface area contributed by atoms with Gasteiger partial charge in [0.05, 0.1) is 31.9 Å². The molecule has 5 nitrogen and oxygen atoms in total. The standard InChI is InChI=1S/C28H25Cl2N3O2/c1-19-12-13-22(29)18-23(19)33-27(34)24(30)26(28(33)35)32-16-14-31(15-17-32)25(20-8-4-2-5-9-20)21-10-6-3-7-11-21/h2-13,18,25H,14-17H2,1H3/p+1. The highest BCUT2D eigenvalue weighted by Gasteiger charge is 2.43. The summed E-state index contributed by atoms with van der Waals surface area (Å²) in [4.78, 5) is 31.0. The lowest BCUT2D eigenvalue weighted by molar-refractivity contribution is -0.929. The van der Waals surface area contributed by atoms with Gasteiger partial charge in [0.1, 0.15) is 16.8 Å². The van der Waals surface area contributed by atoms with Crippen LogP contribution in [0.4, 0.5) is 5.69 Å². The topological polar surface area (TPSA) is 45.1 Å². The Kier molecular flexibility index (Phi) is 6.65. The van der Waals surface area contributed by atoms with Crippen molar-refractivity contribution < 1.29 is 14.5 Å². The summed E-state index contributed by atoms with van der Waals surface area (Å²) < 4.78 is 0. The first-order chi connectivity index (χ1) is 17.0. The lowest BCUT2D eigenvalue weighted by Crippen LogP contribution is -3.15. The molecule has 0 aromatic heterocycles. The van der Waals surface area contributed by atoms with Crippen molar-refractivity contribution in [1.29, 1.82) is 0 Å². The Hall–Kier alpha value is -3.12. The highest BCUT2D eigenvalue weighted by molar-refractivity contribution is 6.52. The van der Waals surface area contributed by atoms with Gasteiger partial charge in [-0.3, -0.25) is 9.59 Å². The summed E-state index contributed by atoms with van der Waals surface area (Å²) in [6, 6.07) is 26.4. The molecule has 2 aliphatic rings. The van der Waals surface area contributed by atoms with E-state index in [0.29, 0.717) is 23.8 Å². The summed E-state index contributed by atoms with van der Waals surface area (Å²) in [5.74, 6) is -0.894. The van der Waals surface area contributed by atoms with Crippen LogP contribution < -0.4 is 9.80 Å². The SMILES string of the molecule is Cc1ccc(Cl)cc1N1C(=O)C(Cl)=C(N2CC[NH+](C(c3ccccc3)c3ccccc3)CC2)C1=O. The van der Waals surface area contributed by atoms with Gasteiger partial charge in [0.25, 0.3) is 11.8 Å². The third kappa shape index (κ3) is 4.47. The van der Waals surface area contributed by atoms with Crippen LogP contribution in [-0.2, 0) is 9.59 Å². The molecule has 2 aliphatic heterocycles. The third-order valence-corrected chi connectivity index (χ3v) is 7.39. The van der Waals surface area contributed by atoms with E-state index in [9.17, 15) is 9.59 Å². The van der Waals surface area contributed by atoms with Crippen molar-refractivity contribution in [3.8, 4) is 0 Å². The van der Waals surface area contributed by atoms with E-state index in [0.717, 1.165) is 23.6 Å². The maximum Gasteiger partial charge on any atom is 0.283 e.